The Kier molecular flexibility index (Phi) is 29.3. The first-order valence-electron chi connectivity index (χ1n) is 27.9. The van der Waals surface area contributed by atoms with Crippen LogP contribution < -0.4 is 0 Å². The minimum absolute atomic E-state index is 0.0522. The summed E-state index contributed by atoms with van der Waals surface area (Å²) in [5.74, 6) is -11.3. The molecule has 2 unspecified atom stereocenters. The van der Waals surface area contributed by atoms with Gasteiger partial charge >= 0.3 is 59.7 Å². The number of carboxylic acids is 10. The van der Waals surface area contributed by atoms with Crippen molar-refractivity contribution in [3.63, 3.8) is 0 Å². The number of aliphatic carboxylic acids is 2. The molecule has 0 amide bonds. The molecule has 7 aromatic rings. The Morgan fingerprint density at radius 1 is 0.275 bits per heavy atom. The van der Waals surface area contributed by atoms with E-state index in [1.165, 1.54) is 36.4 Å². The lowest BCUT2D eigenvalue weighted by Crippen LogP contribution is -2.21. The number of benzene rings is 7. The molecule has 0 saturated heterocycles. The van der Waals surface area contributed by atoms with Gasteiger partial charge in [-0.1, -0.05) is 73.5 Å². The molecule has 0 aliphatic rings. The summed E-state index contributed by atoms with van der Waals surface area (Å²) in [6.07, 6.45) is 1.20. The molecule has 91 heavy (non-hydrogen) atoms. The number of hydrogen-bond donors (Lipinski definition) is 10. The molecule has 0 aliphatic heterocycles. The zero-order chi connectivity index (χ0) is 69.5. The van der Waals surface area contributed by atoms with E-state index < -0.39 is 77.3 Å². The van der Waals surface area contributed by atoms with E-state index in [0.29, 0.717) is 57.3 Å². The summed E-state index contributed by atoms with van der Waals surface area (Å²) in [6.45, 7) is 21.2. The van der Waals surface area contributed by atoms with Gasteiger partial charge in [0, 0.05) is 11.1 Å². The first-order valence-corrected chi connectivity index (χ1v) is 27.9. The third-order valence-corrected chi connectivity index (χ3v) is 14.0. The third kappa shape index (κ3) is 23.8. The molecular weight excluding hydrogens is 1180 g/mol. The van der Waals surface area contributed by atoms with Gasteiger partial charge in [0.05, 0.1) is 56.3 Å². The van der Waals surface area contributed by atoms with Crippen LogP contribution in [-0.2, 0) is 9.59 Å². The second-order valence-electron chi connectivity index (χ2n) is 21.3. The first-order chi connectivity index (χ1) is 42.3. The van der Waals surface area contributed by atoms with Crippen molar-refractivity contribution in [3.8, 4) is 11.1 Å². The van der Waals surface area contributed by atoms with Crippen molar-refractivity contribution in [1.82, 2.24) is 0 Å². The fraction of sp³-hybridized carbons (Fsp3) is 0.243. The van der Waals surface area contributed by atoms with Crippen molar-refractivity contribution < 1.29 is 104 Å². The first kappa shape index (κ1) is 76.0. The molecule has 0 heterocycles. The van der Waals surface area contributed by atoms with Crippen LogP contribution in [0.4, 0.5) is 0 Å². The van der Waals surface area contributed by atoms with E-state index in [0.717, 1.165) is 33.4 Å². The Labute approximate surface area is 525 Å². The topological polar surface area (TPSA) is 390 Å². The molecule has 10 N–H and O–H groups in total. The Morgan fingerprint density at radius 3 is 0.846 bits per heavy atom. The van der Waals surface area contributed by atoms with Gasteiger partial charge < -0.3 is 51.1 Å². The monoisotopic (exact) mass is 1250 g/mol. The van der Waals surface area contributed by atoms with Gasteiger partial charge in [0.25, 0.3) is 0 Å². The maximum atomic E-state index is 12.4. The van der Waals surface area contributed by atoms with Crippen LogP contribution in [0.1, 0.15) is 188 Å². The summed E-state index contributed by atoms with van der Waals surface area (Å²) >= 11 is 0. The van der Waals surface area contributed by atoms with Gasteiger partial charge in [-0.25, -0.2) is 38.4 Å². The highest BCUT2D eigenvalue weighted by atomic mass is 16.4. The Morgan fingerprint density at radius 2 is 0.560 bits per heavy atom. The van der Waals surface area contributed by atoms with Crippen LogP contribution in [-0.4, -0.2) is 117 Å². The predicted octanol–water partition coefficient (Wildman–Crippen LogP) is 13.6. The van der Waals surface area contributed by atoms with E-state index in [1.54, 1.807) is 102 Å². The molecule has 0 saturated carbocycles. The predicted molar refractivity (Wildman–Crippen MR) is 338 cm³/mol. The molecule has 21 heteroatoms. The molecule has 0 fully saturated rings. The quantitative estimate of drug-likeness (QED) is 0.0379. The van der Waals surface area contributed by atoms with Gasteiger partial charge in [-0.3, -0.25) is 14.4 Å². The second kappa shape index (κ2) is 35.0. The lowest BCUT2D eigenvalue weighted by molar-refractivity contribution is -0.146. The number of carbonyl (C=O) groups is 11. The summed E-state index contributed by atoms with van der Waals surface area (Å²) < 4.78 is 0. The molecule has 0 radical (unpaired) electrons. The average molecular weight is 1250 g/mol. The van der Waals surface area contributed by atoms with Crippen LogP contribution in [0.5, 0.6) is 0 Å². The largest absolute Gasteiger partial charge is 0.481 e. The van der Waals surface area contributed by atoms with Gasteiger partial charge in [-0.2, -0.15) is 0 Å². The van der Waals surface area contributed by atoms with Gasteiger partial charge in [0.1, 0.15) is 0 Å². The third-order valence-electron chi connectivity index (χ3n) is 14.0. The lowest BCUT2D eigenvalue weighted by Gasteiger charge is -2.14. The Bertz CT molecular complexity index is 3700. The van der Waals surface area contributed by atoms with Crippen molar-refractivity contribution in [2.24, 2.45) is 11.8 Å². The highest BCUT2D eigenvalue weighted by Crippen LogP contribution is 2.26. The van der Waals surface area contributed by atoms with E-state index >= 15 is 0 Å². The van der Waals surface area contributed by atoms with E-state index in [-0.39, 0.29) is 50.9 Å². The fourth-order valence-corrected chi connectivity index (χ4v) is 8.78. The lowest BCUT2D eigenvalue weighted by atomic mass is 9.91. The van der Waals surface area contributed by atoms with Crippen LogP contribution in [0.25, 0.3) is 11.1 Å². The molecule has 21 nitrogen and oxygen atoms in total. The summed E-state index contributed by atoms with van der Waals surface area (Å²) in [5, 5.41) is 88.6. The highest BCUT2D eigenvalue weighted by molar-refractivity contribution is 6.11. The van der Waals surface area contributed by atoms with Gasteiger partial charge in [-0.05, 0) is 217 Å². The van der Waals surface area contributed by atoms with Crippen LogP contribution in [0.3, 0.4) is 0 Å². The zero-order valence-corrected chi connectivity index (χ0v) is 52.3. The van der Waals surface area contributed by atoms with Crippen molar-refractivity contribution >= 4 is 65.5 Å². The molecule has 7 aromatic carbocycles. The van der Waals surface area contributed by atoms with Crippen molar-refractivity contribution in [2.75, 3.05) is 0 Å². The minimum atomic E-state index is -1.11. The SMILES string of the molecule is CCC(CC(CC)C(=O)O)C(=O)O.Cc1cc(C(=O)O)c(C)cc1C(=O)O.Cc1cc(C(=O)O)cc(-c2cc(C)cc(C(=O)O)c2)c1.Cc1cc(C)cc(C(=O)O)c1.Cc1ccc(C(=O)O)cc1C.Cc1ccc(C(=O)c2ccc(C)c(C(=O)O)c2)cc1C(=O)O. The van der Waals surface area contributed by atoms with Crippen LogP contribution in [0.15, 0.2) is 121 Å². The minimum Gasteiger partial charge on any atom is -0.481 e. The van der Waals surface area contributed by atoms with Crippen LogP contribution in [0, 0.1) is 81.1 Å². The fourth-order valence-electron chi connectivity index (χ4n) is 8.78. The van der Waals surface area contributed by atoms with Crippen LogP contribution >= 0.6 is 0 Å². The van der Waals surface area contributed by atoms with Gasteiger partial charge in [-0.15, -0.1) is 0 Å². The zero-order valence-electron chi connectivity index (χ0n) is 52.3. The molecule has 2 atom stereocenters. The number of ketones is 1. The number of aromatic carboxylic acids is 8. The Hall–Kier alpha value is -11.1. The van der Waals surface area contributed by atoms with Gasteiger partial charge in [0.2, 0.25) is 0 Å². The molecule has 480 valence electrons. The van der Waals surface area contributed by atoms with E-state index in [2.05, 4.69) is 0 Å². The van der Waals surface area contributed by atoms with Crippen LogP contribution in [0.2, 0.25) is 0 Å². The standard InChI is InChI=1S/C17H14O5.C16H14O4.C10H10O4.C9H16O4.2C9H10O2/c1-9-3-5-11(7-13(9)16(19)20)15(18)12-6-4-10(2)14(8-12)17(21)22;1-9-3-11(7-13(5-9)15(17)18)12-4-10(2)6-14(8-12)16(19)20;1-5-3-8(10(13)14)6(2)4-7(5)9(11)12;1-3-6(8(10)11)5-7(4-2)9(12)13;1-6-3-7(2)5-8(4-6)9(10)11;1-6-3-4-8(9(10)11)5-7(6)2/h3-8H,1-2H3,(H,19,20)(H,21,22);3-8H,1-2H3,(H,17,18)(H,19,20);3-4H,1-2H3,(H,11,12)(H,13,14);6-7H,3-5H2,1-2H3,(H,10,11)(H,12,13);2*3-5H,1-2H3,(H,10,11). The normalized spacial score (nSPS) is 10.7. The number of carboxylic acid groups (broad SMARTS) is 10. The Balaban J connectivity index is 0.000000380. The van der Waals surface area contributed by atoms with E-state index in [1.807, 2.05) is 65.8 Å². The van der Waals surface area contributed by atoms with E-state index in [4.69, 9.17) is 51.1 Å². The van der Waals surface area contributed by atoms with Crippen molar-refractivity contribution in [1.29, 1.82) is 0 Å². The summed E-state index contributed by atoms with van der Waals surface area (Å²) in [5.41, 5.74) is 11.1. The van der Waals surface area contributed by atoms with Crippen molar-refractivity contribution in [3.05, 3.63) is 233 Å². The highest BCUT2D eigenvalue weighted by Gasteiger charge is 2.24. The molecule has 0 aromatic heterocycles. The molecule has 0 spiro atoms. The molecule has 7 rings (SSSR count). The van der Waals surface area contributed by atoms with Crippen molar-refractivity contribution in [2.45, 2.75) is 102 Å². The summed E-state index contributed by atoms with van der Waals surface area (Å²) in [6, 6.07) is 31.9. The summed E-state index contributed by atoms with van der Waals surface area (Å²) in [7, 11) is 0. The maximum Gasteiger partial charge on any atom is 0.335 e. The number of aryl methyl sites for hydroxylation is 10. The summed E-state index contributed by atoms with van der Waals surface area (Å²) in [4.78, 5) is 120. The number of hydrogen-bond acceptors (Lipinski definition) is 11. The molecule has 0 bridgehead atoms. The second-order valence-corrected chi connectivity index (χ2v) is 21.3. The number of carbonyl (C=O) groups excluding carboxylic acids is 1. The molecule has 0 aliphatic carbocycles. The van der Waals surface area contributed by atoms with E-state index in [9.17, 15) is 52.7 Å². The smallest absolute Gasteiger partial charge is 0.335 e. The number of rotatable bonds is 17. The average Bonchev–Trinajstić information content (AvgIpc) is 1.15. The van der Waals surface area contributed by atoms with Gasteiger partial charge in [0.15, 0.2) is 5.78 Å². The maximum absolute atomic E-state index is 12.4. The molecular formula is C70H74O21.